The van der Waals surface area contributed by atoms with Gasteiger partial charge in [-0.3, -0.25) is 9.88 Å². The van der Waals surface area contributed by atoms with Crippen molar-refractivity contribution in [3.05, 3.63) is 59.7 Å². The van der Waals surface area contributed by atoms with Crippen LogP contribution in [0.4, 0.5) is 10.1 Å². The van der Waals surface area contributed by atoms with Gasteiger partial charge in [0.2, 0.25) is 0 Å². The smallest absolute Gasteiger partial charge is 0.141 e. The Morgan fingerprint density at radius 2 is 1.78 bits per heavy atom. The van der Waals surface area contributed by atoms with Gasteiger partial charge in [0, 0.05) is 25.0 Å². The summed E-state index contributed by atoms with van der Waals surface area (Å²) >= 11 is 0. The predicted octanol–water partition coefficient (Wildman–Crippen LogP) is 2.43. The van der Waals surface area contributed by atoms with E-state index in [4.69, 9.17) is 5.73 Å². The van der Waals surface area contributed by atoms with E-state index in [1.54, 1.807) is 6.20 Å². The third-order valence-electron chi connectivity index (χ3n) is 2.65. The van der Waals surface area contributed by atoms with E-state index in [0.29, 0.717) is 6.54 Å². The molecule has 94 valence electrons. The fourth-order valence-electron chi connectivity index (χ4n) is 1.84. The molecule has 0 saturated carbocycles. The van der Waals surface area contributed by atoms with Crippen molar-refractivity contribution in [3.63, 3.8) is 0 Å². The van der Waals surface area contributed by atoms with E-state index >= 15 is 0 Å². The average molecular weight is 245 g/mol. The fraction of sp³-hybridized carbons (Fsp3) is 0.214. The second-order valence-electron chi connectivity index (χ2n) is 4.43. The number of hydrogen-bond acceptors (Lipinski definition) is 3. The number of benzene rings is 1. The van der Waals surface area contributed by atoms with Crippen LogP contribution >= 0.6 is 0 Å². The van der Waals surface area contributed by atoms with Gasteiger partial charge in [-0.05, 0) is 36.4 Å². The predicted molar refractivity (Wildman–Crippen MR) is 70.2 cm³/mol. The molecule has 2 aromatic rings. The molecule has 0 saturated heterocycles. The van der Waals surface area contributed by atoms with Crippen molar-refractivity contribution in [2.45, 2.75) is 13.1 Å². The molecule has 0 spiro atoms. The number of rotatable bonds is 4. The maximum Gasteiger partial charge on any atom is 0.141 e. The summed E-state index contributed by atoms with van der Waals surface area (Å²) in [6.45, 7) is 1.45. The van der Waals surface area contributed by atoms with Gasteiger partial charge in [-0.2, -0.15) is 0 Å². The molecule has 2 rings (SSSR count). The second kappa shape index (κ2) is 5.60. The molecule has 2 N–H and O–H groups in total. The molecule has 1 aromatic heterocycles. The number of halogens is 1. The van der Waals surface area contributed by atoms with Crippen LogP contribution in [-0.2, 0) is 13.1 Å². The Morgan fingerprint density at radius 1 is 1.11 bits per heavy atom. The molecule has 0 amide bonds. The summed E-state index contributed by atoms with van der Waals surface area (Å²) in [6, 6.07) is 9.26. The zero-order valence-corrected chi connectivity index (χ0v) is 10.3. The van der Waals surface area contributed by atoms with Crippen LogP contribution in [0.25, 0.3) is 0 Å². The topological polar surface area (TPSA) is 42.1 Å². The SMILES string of the molecule is CN(Cc1ccc(N)cc1)Cc1cncc(F)c1. The highest BCUT2D eigenvalue weighted by molar-refractivity contribution is 5.39. The van der Waals surface area contributed by atoms with Crippen LogP contribution in [0.5, 0.6) is 0 Å². The molecular weight excluding hydrogens is 229 g/mol. The second-order valence-corrected chi connectivity index (χ2v) is 4.43. The molecule has 0 aliphatic carbocycles. The number of anilines is 1. The molecular formula is C14H16FN3. The first-order chi connectivity index (χ1) is 8.63. The van der Waals surface area contributed by atoms with E-state index in [1.165, 1.54) is 17.8 Å². The number of nitrogen functional groups attached to an aromatic ring is 1. The monoisotopic (exact) mass is 245 g/mol. The number of nitrogens with two attached hydrogens (primary N) is 1. The molecule has 0 aliphatic rings. The van der Waals surface area contributed by atoms with Gasteiger partial charge in [-0.25, -0.2) is 4.39 Å². The van der Waals surface area contributed by atoms with Crippen LogP contribution in [0.2, 0.25) is 0 Å². The zero-order valence-electron chi connectivity index (χ0n) is 10.3. The van der Waals surface area contributed by atoms with Crippen molar-refractivity contribution >= 4 is 5.69 Å². The summed E-state index contributed by atoms with van der Waals surface area (Å²) in [6.07, 6.45) is 2.89. The van der Waals surface area contributed by atoms with Crippen LogP contribution in [0, 0.1) is 5.82 Å². The Balaban J connectivity index is 1.96. The van der Waals surface area contributed by atoms with Gasteiger partial charge in [0.15, 0.2) is 0 Å². The highest BCUT2D eigenvalue weighted by Gasteiger charge is 2.03. The molecule has 0 aliphatic heterocycles. The molecule has 0 unspecified atom stereocenters. The first kappa shape index (κ1) is 12.5. The van der Waals surface area contributed by atoms with Gasteiger partial charge in [0.05, 0.1) is 6.20 Å². The zero-order chi connectivity index (χ0) is 13.0. The first-order valence-electron chi connectivity index (χ1n) is 5.76. The maximum absolute atomic E-state index is 13.0. The summed E-state index contributed by atoms with van der Waals surface area (Å²) < 4.78 is 13.0. The summed E-state index contributed by atoms with van der Waals surface area (Å²) in [5.74, 6) is -0.298. The minimum atomic E-state index is -0.298. The minimum Gasteiger partial charge on any atom is -0.399 e. The number of hydrogen-bond donors (Lipinski definition) is 1. The summed E-state index contributed by atoms with van der Waals surface area (Å²) in [5.41, 5.74) is 8.44. The minimum absolute atomic E-state index is 0.298. The Bertz CT molecular complexity index is 511. The van der Waals surface area contributed by atoms with Crippen molar-refractivity contribution in [2.75, 3.05) is 12.8 Å². The van der Waals surface area contributed by atoms with Crippen LogP contribution in [0.3, 0.4) is 0 Å². The van der Waals surface area contributed by atoms with Crippen LogP contribution in [-0.4, -0.2) is 16.9 Å². The highest BCUT2D eigenvalue weighted by Crippen LogP contribution is 2.10. The summed E-state index contributed by atoms with van der Waals surface area (Å²) in [7, 11) is 1.99. The van der Waals surface area contributed by atoms with E-state index in [9.17, 15) is 4.39 Å². The van der Waals surface area contributed by atoms with Gasteiger partial charge in [0.25, 0.3) is 0 Å². The summed E-state index contributed by atoms with van der Waals surface area (Å²) in [4.78, 5) is 5.94. The first-order valence-corrected chi connectivity index (χ1v) is 5.76. The third kappa shape index (κ3) is 3.53. The Labute approximate surface area is 106 Å². The quantitative estimate of drug-likeness (QED) is 0.841. The van der Waals surface area contributed by atoms with Crippen LogP contribution in [0.1, 0.15) is 11.1 Å². The lowest BCUT2D eigenvalue weighted by molar-refractivity contribution is 0.318. The van der Waals surface area contributed by atoms with E-state index in [2.05, 4.69) is 9.88 Å². The molecule has 18 heavy (non-hydrogen) atoms. The lowest BCUT2D eigenvalue weighted by Crippen LogP contribution is -2.17. The molecule has 4 heteroatoms. The van der Waals surface area contributed by atoms with Crippen molar-refractivity contribution in [1.29, 1.82) is 0 Å². The average Bonchev–Trinajstić information content (AvgIpc) is 2.32. The van der Waals surface area contributed by atoms with Gasteiger partial charge >= 0.3 is 0 Å². The standard InChI is InChI=1S/C14H16FN3/c1-18(9-11-2-4-14(16)5-3-11)10-12-6-13(15)8-17-7-12/h2-8H,9-10,16H2,1H3. The summed E-state index contributed by atoms with van der Waals surface area (Å²) in [5, 5.41) is 0. The van der Waals surface area contributed by atoms with E-state index in [0.717, 1.165) is 17.8 Å². The maximum atomic E-state index is 13.0. The van der Waals surface area contributed by atoms with Gasteiger partial charge in [-0.1, -0.05) is 12.1 Å². The lowest BCUT2D eigenvalue weighted by Gasteiger charge is -2.16. The van der Waals surface area contributed by atoms with Crippen molar-refractivity contribution in [1.82, 2.24) is 9.88 Å². The fourth-order valence-corrected chi connectivity index (χ4v) is 1.84. The van der Waals surface area contributed by atoms with E-state index < -0.39 is 0 Å². The third-order valence-corrected chi connectivity index (χ3v) is 2.65. The normalized spacial score (nSPS) is 10.8. The Morgan fingerprint density at radius 3 is 2.44 bits per heavy atom. The molecule has 0 bridgehead atoms. The Hall–Kier alpha value is -1.94. The van der Waals surface area contributed by atoms with Gasteiger partial charge in [0.1, 0.15) is 5.82 Å². The van der Waals surface area contributed by atoms with Crippen LogP contribution in [0.15, 0.2) is 42.7 Å². The van der Waals surface area contributed by atoms with Crippen molar-refractivity contribution < 1.29 is 4.39 Å². The van der Waals surface area contributed by atoms with Crippen molar-refractivity contribution in [3.8, 4) is 0 Å². The molecule has 0 radical (unpaired) electrons. The number of nitrogens with zero attached hydrogens (tertiary/aromatic N) is 2. The van der Waals surface area contributed by atoms with E-state index in [-0.39, 0.29) is 5.82 Å². The molecule has 0 fully saturated rings. The molecule has 3 nitrogen and oxygen atoms in total. The van der Waals surface area contributed by atoms with Gasteiger partial charge < -0.3 is 5.73 Å². The van der Waals surface area contributed by atoms with Crippen molar-refractivity contribution in [2.24, 2.45) is 0 Å². The largest absolute Gasteiger partial charge is 0.399 e. The van der Waals surface area contributed by atoms with Crippen LogP contribution < -0.4 is 5.73 Å². The number of aromatic nitrogens is 1. The molecule has 1 aromatic carbocycles. The Kier molecular flexibility index (Phi) is 3.89. The molecule has 1 heterocycles. The number of pyridine rings is 1. The van der Waals surface area contributed by atoms with Gasteiger partial charge in [-0.15, -0.1) is 0 Å². The lowest BCUT2D eigenvalue weighted by atomic mass is 10.2. The van der Waals surface area contributed by atoms with E-state index in [1.807, 2.05) is 31.3 Å². The molecule has 0 atom stereocenters. The highest BCUT2D eigenvalue weighted by atomic mass is 19.1.